The maximum atomic E-state index is 12.8. The van der Waals surface area contributed by atoms with Crippen molar-refractivity contribution in [3.05, 3.63) is 96.1 Å². The maximum absolute atomic E-state index is 12.8. The van der Waals surface area contributed by atoms with E-state index < -0.39 is 0 Å². The topological polar surface area (TPSA) is 52.6 Å². The van der Waals surface area contributed by atoms with E-state index in [1.807, 2.05) is 66.7 Å². The van der Waals surface area contributed by atoms with Gasteiger partial charge in [0.05, 0.1) is 18.2 Å². The zero-order chi connectivity index (χ0) is 25.4. The van der Waals surface area contributed by atoms with E-state index in [-0.39, 0.29) is 17.5 Å². The third kappa shape index (κ3) is 4.85. The first-order chi connectivity index (χ1) is 18.0. The lowest BCUT2D eigenvalue weighted by Gasteiger charge is -2.55. The highest BCUT2D eigenvalue weighted by Gasteiger charge is 2.53. The largest absolute Gasteiger partial charge is 0.465 e. The van der Waals surface area contributed by atoms with Gasteiger partial charge in [-0.05, 0) is 102 Å². The lowest BCUT2D eigenvalue weighted by Crippen LogP contribution is -2.52. The summed E-state index contributed by atoms with van der Waals surface area (Å²) in [5, 5.41) is 4.45. The van der Waals surface area contributed by atoms with E-state index in [2.05, 4.69) is 16.9 Å². The highest BCUT2D eigenvalue weighted by Crippen LogP contribution is 2.57. The van der Waals surface area contributed by atoms with Gasteiger partial charge in [0.1, 0.15) is 5.60 Å². The lowest BCUT2D eigenvalue weighted by molar-refractivity contribution is -0.131. The summed E-state index contributed by atoms with van der Waals surface area (Å²) in [4.78, 5) is 24.0. The van der Waals surface area contributed by atoms with Gasteiger partial charge in [0.15, 0.2) is 0 Å². The van der Waals surface area contributed by atoms with E-state index in [9.17, 15) is 9.59 Å². The van der Waals surface area contributed by atoms with Crippen molar-refractivity contribution in [2.24, 2.45) is 17.8 Å². The minimum absolute atomic E-state index is 0.127. The van der Waals surface area contributed by atoms with E-state index in [0.717, 1.165) is 53.2 Å². The van der Waals surface area contributed by atoms with Crippen LogP contribution in [0.2, 0.25) is 0 Å². The minimum atomic E-state index is -0.296. The first kappa shape index (κ1) is 23.7. The average Bonchev–Trinajstić information content (AvgIpc) is 2.91. The van der Waals surface area contributed by atoms with Gasteiger partial charge in [-0.15, -0.1) is 0 Å². The molecule has 4 heteroatoms. The van der Waals surface area contributed by atoms with Crippen LogP contribution >= 0.6 is 0 Å². The Balaban J connectivity index is 0.000000155. The zero-order valence-corrected chi connectivity index (χ0v) is 21.2. The van der Waals surface area contributed by atoms with Gasteiger partial charge in [-0.2, -0.15) is 0 Å². The summed E-state index contributed by atoms with van der Waals surface area (Å²) in [6.45, 7) is 0. The molecule has 188 valence electrons. The molecule has 37 heavy (non-hydrogen) atoms. The molecule has 0 aliphatic heterocycles. The van der Waals surface area contributed by atoms with E-state index in [1.54, 1.807) is 6.07 Å². The second-order valence-corrected chi connectivity index (χ2v) is 11.1. The normalized spacial score (nSPS) is 25.4. The molecule has 0 aromatic heterocycles. The van der Waals surface area contributed by atoms with Crippen LogP contribution in [0.3, 0.4) is 0 Å². The quantitative estimate of drug-likeness (QED) is 0.277. The van der Waals surface area contributed by atoms with Crippen molar-refractivity contribution in [1.29, 1.82) is 0 Å². The third-order valence-corrected chi connectivity index (χ3v) is 8.45. The number of methoxy groups -OCH3 is 1. The number of carbonyl (C=O) groups excluding carboxylic acids is 2. The van der Waals surface area contributed by atoms with Gasteiger partial charge < -0.3 is 9.47 Å². The summed E-state index contributed by atoms with van der Waals surface area (Å²) in [5.74, 6) is 1.97. The highest BCUT2D eigenvalue weighted by atomic mass is 16.6. The van der Waals surface area contributed by atoms with Crippen LogP contribution < -0.4 is 0 Å². The zero-order valence-electron chi connectivity index (χ0n) is 21.2. The summed E-state index contributed by atoms with van der Waals surface area (Å²) in [7, 11) is 1.39. The fraction of sp³-hybridized carbons (Fsp3) is 0.333. The van der Waals surface area contributed by atoms with Gasteiger partial charge in [-0.1, -0.05) is 60.7 Å². The van der Waals surface area contributed by atoms with Gasteiger partial charge >= 0.3 is 11.9 Å². The summed E-state index contributed by atoms with van der Waals surface area (Å²) < 4.78 is 10.8. The van der Waals surface area contributed by atoms with Crippen molar-refractivity contribution < 1.29 is 19.1 Å². The first-order valence-corrected chi connectivity index (χ1v) is 13.3. The molecule has 8 rings (SSSR count). The Bertz CT molecular complexity index is 1430. The molecule has 0 heterocycles. The number of rotatable bonds is 3. The molecule has 0 spiro atoms. The maximum Gasteiger partial charge on any atom is 0.338 e. The fourth-order valence-corrected chi connectivity index (χ4v) is 7.16. The number of fused-ring (bicyclic) bond motifs is 2. The summed E-state index contributed by atoms with van der Waals surface area (Å²) in [6, 6.07) is 27.5. The third-order valence-electron chi connectivity index (χ3n) is 8.45. The number of esters is 2. The molecular weight excluding hydrogens is 460 g/mol. The molecule has 4 aromatic carbocycles. The Morgan fingerprint density at radius 1 is 0.622 bits per heavy atom. The van der Waals surface area contributed by atoms with Crippen molar-refractivity contribution in [2.45, 2.75) is 44.1 Å². The van der Waals surface area contributed by atoms with Crippen molar-refractivity contribution >= 4 is 33.5 Å². The van der Waals surface area contributed by atoms with E-state index in [0.29, 0.717) is 11.1 Å². The molecule has 4 aromatic rings. The SMILES string of the molecule is COC(=O)c1ccc2ccccc2c1.O=C(OC12CC3CC(CC(C3)C1)C2)c1ccc2ccccc2c1. The molecule has 4 nitrogen and oxygen atoms in total. The Morgan fingerprint density at radius 3 is 1.51 bits per heavy atom. The van der Waals surface area contributed by atoms with Crippen LogP contribution in [-0.2, 0) is 9.47 Å². The average molecular weight is 493 g/mol. The Labute approximate surface area is 217 Å². The van der Waals surface area contributed by atoms with Crippen LogP contribution in [0, 0.1) is 17.8 Å². The lowest BCUT2D eigenvalue weighted by atomic mass is 9.54. The van der Waals surface area contributed by atoms with Gasteiger partial charge in [0, 0.05) is 0 Å². The molecule has 0 unspecified atom stereocenters. The van der Waals surface area contributed by atoms with Crippen LogP contribution in [0.1, 0.15) is 59.2 Å². The number of ether oxygens (including phenoxy) is 2. The first-order valence-electron chi connectivity index (χ1n) is 13.3. The Hall–Kier alpha value is -3.66. The fourth-order valence-electron chi connectivity index (χ4n) is 7.16. The van der Waals surface area contributed by atoms with Crippen molar-refractivity contribution in [3.8, 4) is 0 Å². The molecule has 4 aliphatic carbocycles. The standard InChI is InChI=1S/C21H22O2.C12H10O2/c22-20(19-6-5-17-3-1-2-4-18(17)10-19)23-21-11-14-7-15(12-21)9-16(8-14)13-21;1-14-12(13)11-7-6-9-4-2-3-5-10(9)8-11/h1-6,10,14-16H,7-9,11-13H2;2-8H,1H3. The molecule has 4 bridgehead atoms. The second kappa shape index (κ2) is 9.66. The van der Waals surface area contributed by atoms with Crippen molar-refractivity contribution in [3.63, 3.8) is 0 Å². The van der Waals surface area contributed by atoms with Crippen LogP contribution in [-0.4, -0.2) is 24.6 Å². The van der Waals surface area contributed by atoms with Crippen LogP contribution in [0.15, 0.2) is 84.9 Å². The highest BCUT2D eigenvalue weighted by molar-refractivity contribution is 5.96. The molecule has 4 aliphatic rings. The van der Waals surface area contributed by atoms with Gasteiger partial charge in [-0.25, -0.2) is 9.59 Å². The smallest absolute Gasteiger partial charge is 0.338 e. The summed E-state index contributed by atoms with van der Waals surface area (Å²) >= 11 is 0. The van der Waals surface area contributed by atoms with Crippen LogP contribution in [0.4, 0.5) is 0 Å². The summed E-state index contributed by atoms with van der Waals surface area (Å²) in [6.07, 6.45) is 7.39. The van der Waals surface area contributed by atoms with E-state index in [4.69, 9.17) is 4.74 Å². The van der Waals surface area contributed by atoms with E-state index >= 15 is 0 Å². The Kier molecular flexibility index (Phi) is 6.19. The van der Waals surface area contributed by atoms with Gasteiger partial charge in [0.25, 0.3) is 0 Å². The van der Waals surface area contributed by atoms with E-state index in [1.165, 1.54) is 31.8 Å². The molecule has 0 amide bonds. The predicted molar refractivity (Wildman–Crippen MR) is 146 cm³/mol. The van der Waals surface area contributed by atoms with Gasteiger partial charge in [0.2, 0.25) is 0 Å². The van der Waals surface area contributed by atoms with Crippen molar-refractivity contribution in [2.75, 3.05) is 7.11 Å². The van der Waals surface area contributed by atoms with Crippen molar-refractivity contribution in [1.82, 2.24) is 0 Å². The molecular formula is C33H32O4. The monoisotopic (exact) mass is 492 g/mol. The minimum Gasteiger partial charge on any atom is -0.465 e. The molecule has 0 saturated heterocycles. The number of hydrogen-bond acceptors (Lipinski definition) is 4. The van der Waals surface area contributed by atoms with Crippen LogP contribution in [0.5, 0.6) is 0 Å². The Morgan fingerprint density at radius 2 is 1.05 bits per heavy atom. The number of hydrogen-bond donors (Lipinski definition) is 0. The van der Waals surface area contributed by atoms with Gasteiger partial charge in [-0.3, -0.25) is 0 Å². The molecule has 4 fully saturated rings. The molecule has 0 radical (unpaired) electrons. The summed E-state index contributed by atoms with van der Waals surface area (Å²) in [5.41, 5.74) is 1.13. The predicted octanol–water partition coefficient (Wildman–Crippen LogP) is 7.59. The molecule has 4 saturated carbocycles. The molecule has 0 N–H and O–H groups in total. The molecule has 0 atom stereocenters. The van der Waals surface area contributed by atoms with Crippen LogP contribution in [0.25, 0.3) is 21.5 Å². The number of carbonyl (C=O) groups is 2. The second-order valence-electron chi connectivity index (χ2n) is 11.1. The number of benzene rings is 4.